The van der Waals surface area contributed by atoms with Gasteiger partial charge >= 0.3 is 0 Å². The Hall–Kier alpha value is -3.62. The van der Waals surface area contributed by atoms with Crippen molar-refractivity contribution in [3.63, 3.8) is 0 Å². The Bertz CT molecular complexity index is 1200. The number of aromatic nitrogens is 6. The van der Waals surface area contributed by atoms with Gasteiger partial charge in [0.25, 0.3) is 5.91 Å². The Morgan fingerprint density at radius 3 is 2.71 bits per heavy atom. The maximum atomic E-state index is 12.8. The van der Waals surface area contributed by atoms with Crippen LogP contribution in [0.15, 0.2) is 42.6 Å². The molecule has 1 saturated heterocycles. The van der Waals surface area contributed by atoms with E-state index in [9.17, 15) is 4.79 Å². The van der Waals surface area contributed by atoms with Crippen LogP contribution in [0, 0.1) is 6.92 Å². The van der Waals surface area contributed by atoms with Crippen molar-refractivity contribution in [2.45, 2.75) is 13.0 Å². The van der Waals surface area contributed by atoms with Gasteiger partial charge in [0.15, 0.2) is 11.5 Å². The molecule has 1 amide bonds. The Balaban J connectivity index is 1.30. The van der Waals surface area contributed by atoms with Crippen LogP contribution in [0.4, 0.5) is 5.82 Å². The van der Waals surface area contributed by atoms with Crippen LogP contribution in [-0.4, -0.2) is 66.8 Å². The fraction of sp³-hybridized carbons (Fsp3) is 0.263. The van der Waals surface area contributed by atoms with Gasteiger partial charge in [-0.1, -0.05) is 12.1 Å². The van der Waals surface area contributed by atoms with Crippen molar-refractivity contribution in [3.8, 4) is 0 Å². The quantitative estimate of drug-likeness (QED) is 0.534. The topological polar surface area (TPSA) is 92.4 Å². The van der Waals surface area contributed by atoms with E-state index in [4.69, 9.17) is 0 Å². The van der Waals surface area contributed by atoms with E-state index in [1.54, 1.807) is 15.6 Å². The van der Waals surface area contributed by atoms with Gasteiger partial charge in [0.05, 0.1) is 23.3 Å². The van der Waals surface area contributed by atoms with E-state index in [1.807, 2.05) is 50.4 Å². The molecule has 140 valence electrons. The van der Waals surface area contributed by atoms with Crippen molar-refractivity contribution in [2.24, 2.45) is 0 Å². The third-order valence-electron chi connectivity index (χ3n) is 5.13. The number of aryl methyl sites for hydroxylation is 1. The van der Waals surface area contributed by atoms with Gasteiger partial charge in [0.2, 0.25) is 0 Å². The number of anilines is 1. The number of likely N-dealkylation sites (N-methyl/N-ethyl adjacent to an activating group) is 1. The van der Waals surface area contributed by atoms with Gasteiger partial charge in [0, 0.05) is 20.1 Å². The largest absolute Gasteiger partial charge is 0.351 e. The van der Waals surface area contributed by atoms with E-state index >= 15 is 0 Å². The van der Waals surface area contributed by atoms with Crippen molar-refractivity contribution in [2.75, 3.05) is 25.0 Å². The van der Waals surface area contributed by atoms with Crippen LogP contribution in [0.2, 0.25) is 0 Å². The second kappa shape index (κ2) is 6.22. The highest BCUT2D eigenvalue weighted by Gasteiger charge is 2.34. The van der Waals surface area contributed by atoms with Gasteiger partial charge in [-0.3, -0.25) is 9.78 Å². The molecule has 1 aliphatic rings. The number of para-hydroxylation sites is 2. The van der Waals surface area contributed by atoms with Gasteiger partial charge in [-0.2, -0.15) is 4.52 Å². The maximum absolute atomic E-state index is 12.8. The molecule has 4 aromatic rings. The lowest BCUT2D eigenvalue weighted by Gasteiger charge is -2.44. The number of benzene rings is 1. The molecular weight excluding hydrogens is 356 g/mol. The molecule has 0 radical (unpaired) electrons. The van der Waals surface area contributed by atoms with Crippen LogP contribution in [0.3, 0.4) is 0 Å². The molecule has 1 aromatic carbocycles. The molecule has 9 heteroatoms. The second-order valence-corrected chi connectivity index (χ2v) is 6.93. The Kier molecular flexibility index (Phi) is 3.68. The molecule has 0 unspecified atom stereocenters. The van der Waals surface area contributed by atoms with Crippen molar-refractivity contribution >= 4 is 28.4 Å². The Labute approximate surface area is 160 Å². The van der Waals surface area contributed by atoms with E-state index in [1.165, 1.54) is 0 Å². The standard InChI is InChI=1S/C19H18N8O/c1-12-22-23-17-7-8-18(24-27(12)17)26-10-13(11-26)25(2)19(28)16-9-20-14-5-3-4-6-15(14)21-16/h3-9,13H,10-11H2,1-2H3. The average Bonchev–Trinajstić information content (AvgIpc) is 3.06. The SMILES string of the molecule is Cc1nnc2ccc(N3CC(N(C)C(=O)c4cnc5ccccc5n4)C3)nn12. The molecule has 4 heterocycles. The lowest BCUT2D eigenvalue weighted by molar-refractivity contribution is 0.0699. The van der Waals surface area contributed by atoms with E-state index in [-0.39, 0.29) is 11.9 Å². The lowest BCUT2D eigenvalue weighted by Crippen LogP contribution is -2.60. The molecule has 0 bridgehead atoms. The molecule has 0 aliphatic carbocycles. The van der Waals surface area contributed by atoms with Crippen molar-refractivity contribution in [3.05, 3.63) is 54.1 Å². The third-order valence-corrected chi connectivity index (χ3v) is 5.13. The van der Waals surface area contributed by atoms with E-state index in [0.29, 0.717) is 18.8 Å². The van der Waals surface area contributed by atoms with E-state index in [0.717, 1.165) is 28.3 Å². The van der Waals surface area contributed by atoms with Crippen molar-refractivity contribution in [1.29, 1.82) is 0 Å². The van der Waals surface area contributed by atoms with Crippen LogP contribution in [-0.2, 0) is 0 Å². The molecule has 3 aromatic heterocycles. The van der Waals surface area contributed by atoms with Crippen molar-refractivity contribution in [1.82, 2.24) is 34.7 Å². The minimum absolute atomic E-state index is 0.0975. The van der Waals surface area contributed by atoms with E-state index in [2.05, 4.69) is 30.2 Å². The van der Waals surface area contributed by atoms with Gasteiger partial charge in [-0.05, 0) is 31.2 Å². The molecule has 0 atom stereocenters. The monoisotopic (exact) mass is 374 g/mol. The second-order valence-electron chi connectivity index (χ2n) is 6.93. The number of carbonyl (C=O) groups excluding carboxylic acids is 1. The minimum atomic E-state index is -0.124. The van der Waals surface area contributed by atoms with Crippen LogP contribution in [0.5, 0.6) is 0 Å². The first-order valence-corrected chi connectivity index (χ1v) is 9.03. The number of fused-ring (bicyclic) bond motifs is 2. The highest BCUT2D eigenvalue weighted by atomic mass is 16.2. The maximum Gasteiger partial charge on any atom is 0.274 e. The van der Waals surface area contributed by atoms with Gasteiger partial charge in [-0.15, -0.1) is 15.3 Å². The molecule has 28 heavy (non-hydrogen) atoms. The lowest BCUT2D eigenvalue weighted by atomic mass is 10.1. The summed E-state index contributed by atoms with van der Waals surface area (Å²) in [6, 6.07) is 11.5. The van der Waals surface area contributed by atoms with Crippen LogP contribution in [0.25, 0.3) is 16.7 Å². The van der Waals surface area contributed by atoms with Crippen LogP contribution < -0.4 is 4.90 Å². The van der Waals surface area contributed by atoms with Crippen LogP contribution >= 0.6 is 0 Å². The normalized spacial score (nSPS) is 14.4. The molecule has 0 N–H and O–H groups in total. The summed E-state index contributed by atoms with van der Waals surface area (Å²) in [6.07, 6.45) is 1.54. The fourth-order valence-corrected chi connectivity index (χ4v) is 3.35. The number of nitrogens with zero attached hydrogens (tertiary/aromatic N) is 8. The molecule has 0 spiro atoms. The summed E-state index contributed by atoms with van der Waals surface area (Å²) in [5, 5.41) is 12.7. The number of amides is 1. The summed E-state index contributed by atoms with van der Waals surface area (Å²) in [5.74, 6) is 1.47. The fourth-order valence-electron chi connectivity index (χ4n) is 3.35. The molecule has 0 saturated carbocycles. The smallest absolute Gasteiger partial charge is 0.274 e. The first-order valence-electron chi connectivity index (χ1n) is 9.03. The number of hydrogen-bond acceptors (Lipinski definition) is 7. The van der Waals surface area contributed by atoms with Crippen molar-refractivity contribution < 1.29 is 4.79 Å². The number of carbonyl (C=O) groups is 1. The summed E-state index contributed by atoms with van der Waals surface area (Å²) in [6.45, 7) is 3.29. The van der Waals surface area contributed by atoms with Crippen LogP contribution in [0.1, 0.15) is 16.3 Å². The van der Waals surface area contributed by atoms with Gasteiger partial charge < -0.3 is 9.80 Å². The zero-order valence-electron chi connectivity index (χ0n) is 15.5. The summed E-state index contributed by atoms with van der Waals surface area (Å²) >= 11 is 0. The molecule has 5 rings (SSSR count). The number of rotatable bonds is 3. The molecule has 9 nitrogen and oxygen atoms in total. The van der Waals surface area contributed by atoms with E-state index < -0.39 is 0 Å². The predicted molar refractivity (Wildman–Crippen MR) is 103 cm³/mol. The van der Waals surface area contributed by atoms with Gasteiger partial charge in [0.1, 0.15) is 11.5 Å². The third kappa shape index (κ3) is 2.63. The first-order chi connectivity index (χ1) is 13.6. The molecule has 1 aliphatic heterocycles. The Morgan fingerprint density at radius 2 is 1.89 bits per heavy atom. The molecular formula is C19H18N8O. The summed E-state index contributed by atoms with van der Waals surface area (Å²) in [4.78, 5) is 25.5. The zero-order valence-corrected chi connectivity index (χ0v) is 15.5. The summed E-state index contributed by atoms with van der Waals surface area (Å²) in [7, 11) is 1.81. The average molecular weight is 374 g/mol. The summed E-state index contributed by atoms with van der Waals surface area (Å²) < 4.78 is 1.72. The highest BCUT2D eigenvalue weighted by Crippen LogP contribution is 2.22. The predicted octanol–water partition coefficient (Wildman–Crippen LogP) is 1.34. The van der Waals surface area contributed by atoms with Gasteiger partial charge in [-0.25, -0.2) is 4.98 Å². The zero-order chi connectivity index (χ0) is 19.3. The first kappa shape index (κ1) is 16.5. The molecule has 1 fully saturated rings. The summed E-state index contributed by atoms with van der Waals surface area (Å²) in [5.41, 5.74) is 2.58. The minimum Gasteiger partial charge on any atom is -0.351 e. The Morgan fingerprint density at radius 1 is 1.11 bits per heavy atom. The number of hydrogen-bond donors (Lipinski definition) is 0. The highest BCUT2D eigenvalue weighted by molar-refractivity contribution is 5.94.